The first-order chi connectivity index (χ1) is 9.95. The van der Waals surface area contributed by atoms with E-state index < -0.39 is 12.1 Å². The van der Waals surface area contributed by atoms with Crippen LogP contribution in [0.15, 0.2) is 0 Å². The summed E-state index contributed by atoms with van der Waals surface area (Å²) < 4.78 is 0. The molecule has 8 nitrogen and oxygen atoms in total. The normalized spacial score (nSPS) is 21.6. The number of nitrogens with zero attached hydrogens (tertiary/aromatic N) is 2. The van der Waals surface area contributed by atoms with Gasteiger partial charge in [-0.15, -0.1) is 0 Å². The van der Waals surface area contributed by atoms with Crippen molar-refractivity contribution < 1.29 is 14.4 Å². The van der Waals surface area contributed by atoms with E-state index in [1.807, 2.05) is 4.90 Å². The van der Waals surface area contributed by atoms with Crippen LogP contribution in [0.3, 0.4) is 0 Å². The molecule has 0 radical (unpaired) electrons. The number of hydrogen-bond acceptors (Lipinski definition) is 5. The number of piperazine rings is 1. The lowest BCUT2D eigenvalue weighted by atomic mass is 10.2. The molecular formula is C13H23N5O3. The third kappa shape index (κ3) is 4.98. The Bertz CT molecular complexity index is 416. The molecule has 1 aliphatic heterocycles. The summed E-state index contributed by atoms with van der Waals surface area (Å²) in [5.74, 6) is -0.312. The summed E-state index contributed by atoms with van der Waals surface area (Å²) in [4.78, 5) is 38.2. The predicted molar refractivity (Wildman–Crippen MR) is 76.4 cm³/mol. The molecule has 2 aliphatic rings. The molecule has 0 spiro atoms. The van der Waals surface area contributed by atoms with E-state index in [-0.39, 0.29) is 11.8 Å². The van der Waals surface area contributed by atoms with Crippen LogP contribution in [0.25, 0.3) is 0 Å². The zero-order chi connectivity index (χ0) is 15.4. The van der Waals surface area contributed by atoms with Crippen LogP contribution < -0.4 is 16.4 Å². The zero-order valence-corrected chi connectivity index (χ0v) is 12.3. The molecule has 21 heavy (non-hydrogen) atoms. The number of carbonyl (C=O) groups is 3. The Kier molecular flexibility index (Phi) is 5.13. The van der Waals surface area contributed by atoms with Gasteiger partial charge in [0.05, 0.1) is 12.6 Å². The van der Waals surface area contributed by atoms with E-state index in [0.29, 0.717) is 25.7 Å². The van der Waals surface area contributed by atoms with Crippen molar-refractivity contribution in [2.45, 2.75) is 31.8 Å². The summed E-state index contributed by atoms with van der Waals surface area (Å²) in [6.07, 6.45) is 2.18. The molecule has 0 aromatic rings. The molecule has 0 bridgehead atoms. The van der Waals surface area contributed by atoms with Gasteiger partial charge < -0.3 is 11.1 Å². The van der Waals surface area contributed by atoms with Gasteiger partial charge in [0, 0.05) is 32.2 Å². The molecule has 8 heteroatoms. The van der Waals surface area contributed by atoms with Crippen molar-refractivity contribution in [2.24, 2.45) is 5.73 Å². The van der Waals surface area contributed by atoms with Gasteiger partial charge in [0.25, 0.3) is 0 Å². The van der Waals surface area contributed by atoms with Crippen LogP contribution >= 0.6 is 0 Å². The zero-order valence-electron chi connectivity index (χ0n) is 12.3. The second-order valence-electron chi connectivity index (χ2n) is 5.68. The molecule has 2 fully saturated rings. The van der Waals surface area contributed by atoms with E-state index in [9.17, 15) is 14.4 Å². The fourth-order valence-corrected chi connectivity index (χ4v) is 2.40. The third-order valence-corrected chi connectivity index (χ3v) is 3.89. The molecule has 1 saturated heterocycles. The molecule has 4 amide bonds. The van der Waals surface area contributed by atoms with Gasteiger partial charge >= 0.3 is 6.03 Å². The van der Waals surface area contributed by atoms with E-state index in [2.05, 4.69) is 15.5 Å². The number of amides is 4. The smallest absolute Gasteiger partial charge is 0.318 e. The first kappa shape index (κ1) is 15.7. The molecule has 1 aliphatic carbocycles. The Balaban J connectivity index is 1.70. The highest BCUT2D eigenvalue weighted by atomic mass is 16.2. The van der Waals surface area contributed by atoms with Crippen LogP contribution in [0, 0.1) is 0 Å². The maximum Gasteiger partial charge on any atom is 0.318 e. The van der Waals surface area contributed by atoms with Gasteiger partial charge in [-0.2, -0.15) is 0 Å². The highest BCUT2D eigenvalue weighted by molar-refractivity contribution is 5.96. The number of rotatable bonds is 5. The van der Waals surface area contributed by atoms with Gasteiger partial charge in [0.1, 0.15) is 0 Å². The number of hydrogen-bond donors (Lipinski definition) is 3. The largest absolute Gasteiger partial charge is 0.352 e. The number of urea groups is 1. The molecule has 2 rings (SSSR count). The highest BCUT2D eigenvalue weighted by Crippen LogP contribution is 2.18. The molecular weight excluding hydrogens is 274 g/mol. The number of nitrogens with one attached hydrogen (secondary N) is 2. The Morgan fingerprint density at radius 3 is 2.33 bits per heavy atom. The lowest BCUT2D eigenvalue weighted by Crippen LogP contribution is -2.56. The van der Waals surface area contributed by atoms with Gasteiger partial charge in [-0.25, -0.2) is 4.79 Å². The summed E-state index contributed by atoms with van der Waals surface area (Å²) in [6.45, 7) is 4.98. The average Bonchev–Trinajstić information content (AvgIpc) is 3.21. The van der Waals surface area contributed by atoms with Crippen LogP contribution in [0.5, 0.6) is 0 Å². The van der Waals surface area contributed by atoms with Crippen molar-refractivity contribution in [1.29, 1.82) is 0 Å². The molecule has 1 heterocycles. The fourth-order valence-electron chi connectivity index (χ4n) is 2.40. The van der Waals surface area contributed by atoms with Crippen molar-refractivity contribution >= 4 is 17.8 Å². The van der Waals surface area contributed by atoms with Crippen molar-refractivity contribution in [2.75, 3.05) is 32.7 Å². The summed E-state index contributed by atoms with van der Waals surface area (Å²) >= 11 is 0. The van der Waals surface area contributed by atoms with Gasteiger partial charge in [0.2, 0.25) is 11.8 Å². The van der Waals surface area contributed by atoms with Gasteiger partial charge in [-0.3, -0.25) is 24.7 Å². The van der Waals surface area contributed by atoms with Crippen molar-refractivity contribution in [3.8, 4) is 0 Å². The predicted octanol–water partition coefficient (Wildman–Crippen LogP) is -1.53. The Hall–Kier alpha value is -1.67. The minimum Gasteiger partial charge on any atom is -0.352 e. The minimum atomic E-state index is -0.831. The lowest BCUT2D eigenvalue weighted by Gasteiger charge is -2.36. The summed E-state index contributed by atoms with van der Waals surface area (Å²) in [7, 11) is 0. The topological polar surface area (TPSA) is 108 Å². The monoisotopic (exact) mass is 297 g/mol. The fraction of sp³-hybridized carbons (Fsp3) is 0.769. The minimum absolute atomic E-state index is 0.0745. The Morgan fingerprint density at radius 1 is 1.19 bits per heavy atom. The van der Waals surface area contributed by atoms with E-state index in [4.69, 9.17) is 5.73 Å². The first-order valence-electron chi connectivity index (χ1n) is 7.32. The van der Waals surface area contributed by atoms with Gasteiger partial charge in [-0.05, 0) is 19.8 Å². The summed E-state index contributed by atoms with van der Waals surface area (Å²) in [5.41, 5.74) is 4.94. The summed E-state index contributed by atoms with van der Waals surface area (Å²) in [6, 6.07) is -0.849. The Labute approximate surface area is 124 Å². The van der Waals surface area contributed by atoms with Crippen molar-refractivity contribution in [3.05, 3.63) is 0 Å². The molecule has 118 valence electrons. The lowest BCUT2D eigenvalue weighted by molar-refractivity contribution is -0.127. The van der Waals surface area contributed by atoms with E-state index in [0.717, 1.165) is 25.9 Å². The second-order valence-corrected chi connectivity index (χ2v) is 5.68. The Morgan fingerprint density at radius 2 is 1.81 bits per heavy atom. The van der Waals surface area contributed by atoms with Crippen LogP contribution in [-0.2, 0) is 9.59 Å². The molecule has 1 unspecified atom stereocenters. The third-order valence-electron chi connectivity index (χ3n) is 3.89. The maximum atomic E-state index is 11.7. The molecule has 4 N–H and O–H groups in total. The van der Waals surface area contributed by atoms with Gasteiger partial charge in [0.15, 0.2) is 0 Å². The summed E-state index contributed by atoms with van der Waals surface area (Å²) in [5, 5.41) is 5.06. The number of nitrogens with two attached hydrogens (primary N) is 1. The van der Waals surface area contributed by atoms with Crippen LogP contribution in [0.1, 0.15) is 19.8 Å². The quantitative estimate of drug-likeness (QED) is 0.570. The molecule has 1 atom stereocenters. The second kappa shape index (κ2) is 6.86. The van der Waals surface area contributed by atoms with Crippen molar-refractivity contribution in [3.63, 3.8) is 0 Å². The number of imide groups is 1. The average molecular weight is 297 g/mol. The first-order valence-corrected chi connectivity index (χ1v) is 7.32. The van der Waals surface area contributed by atoms with Crippen LogP contribution in [0.4, 0.5) is 4.79 Å². The number of primary amides is 1. The SMILES string of the molecule is CC(C(=O)NC(N)=O)N1CCN(CC(=O)NC2CC2)CC1. The van der Waals surface area contributed by atoms with Crippen LogP contribution in [-0.4, -0.2) is 72.5 Å². The molecule has 0 aromatic carbocycles. The van der Waals surface area contributed by atoms with E-state index in [1.165, 1.54) is 0 Å². The van der Waals surface area contributed by atoms with Gasteiger partial charge in [-0.1, -0.05) is 0 Å². The number of carbonyl (C=O) groups excluding carboxylic acids is 3. The van der Waals surface area contributed by atoms with Crippen molar-refractivity contribution in [1.82, 2.24) is 20.4 Å². The molecule has 1 saturated carbocycles. The van der Waals surface area contributed by atoms with E-state index in [1.54, 1.807) is 6.92 Å². The standard InChI is InChI=1S/C13H23N5O3/c1-9(12(20)16-13(14)21)18-6-4-17(5-7-18)8-11(19)15-10-2-3-10/h9-10H,2-8H2,1H3,(H,15,19)(H3,14,16,20,21). The van der Waals surface area contributed by atoms with E-state index >= 15 is 0 Å². The van der Waals surface area contributed by atoms with Crippen LogP contribution in [0.2, 0.25) is 0 Å². The molecule has 0 aromatic heterocycles. The maximum absolute atomic E-state index is 11.7. The highest BCUT2D eigenvalue weighted by Gasteiger charge is 2.28.